The van der Waals surface area contributed by atoms with Crippen molar-refractivity contribution in [3.8, 4) is 0 Å². The number of benzene rings is 1. The molecule has 0 aromatic heterocycles. The first-order chi connectivity index (χ1) is 9.51. The van der Waals surface area contributed by atoms with Gasteiger partial charge in [-0.3, -0.25) is 0 Å². The number of nitrogens with zero attached hydrogens (tertiary/aromatic N) is 2. The predicted molar refractivity (Wildman–Crippen MR) is 66.5 cm³/mol. The molecule has 1 aliphatic rings. The zero-order chi connectivity index (χ0) is 14.9. The molecule has 1 N–H and O–H groups in total. The maximum Gasteiger partial charge on any atom is 0.185 e. The molecule has 1 saturated heterocycles. The molecule has 20 heavy (non-hydrogen) atoms. The molecule has 1 heterocycles. The van der Waals surface area contributed by atoms with Gasteiger partial charge in [-0.1, -0.05) is 6.92 Å². The first-order valence-electron chi connectivity index (χ1n) is 6.44. The van der Waals surface area contributed by atoms with E-state index in [0.717, 1.165) is 6.54 Å². The molecule has 0 amide bonds. The Morgan fingerprint density at radius 1 is 0.900 bits per heavy atom. The summed E-state index contributed by atoms with van der Waals surface area (Å²) in [6.07, 6.45) is 0. The van der Waals surface area contributed by atoms with Crippen LogP contribution in [0, 0.1) is 23.3 Å². The quantitative estimate of drug-likeness (QED) is 0.680. The molecule has 1 aliphatic heterocycles. The van der Waals surface area contributed by atoms with Crippen LogP contribution in [-0.2, 0) is 6.61 Å². The van der Waals surface area contributed by atoms with Gasteiger partial charge in [-0.15, -0.1) is 0 Å². The van der Waals surface area contributed by atoms with Gasteiger partial charge < -0.3 is 14.9 Å². The van der Waals surface area contributed by atoms with E-state index in [9.17, 15) is 17.6 Å². The zero-order valence-corrected chi connectivity index (χ0v) is 11.1. The molecule has 1 aromatic rings. The summed E-state index contributed by atoms with van der Waals surface area (Å²) in [4.78, 5) is 3.37. The number of piperazine rings is 1. The lowest BCUT2D eigenvalue weighted by atomic mass is 10.1. The zero-order valence-electron chi connectivity index (χ0n) is 11.1. The molecule has 1 aromatic carbocycles. The van der Waals surface area contributed by atoms with E-state index >= 15 is 0 Å². The molecule has 3 nitrogen and oxygen atoms in total. The second-order valence-corrected chi connectivity index (χ2v) is 4.66. The Labute approximate surface area is 114 Å². The summed E-state index contributed by atoms with van der Waals surface area (Å²) in [6.45, 7) is 3.41. The third kappa shape index (κ3) is 2.47. The Bertz CT molecular complexity index is 473. The minimum Gasteiger partial charge on any atom is -0.391 e. The summed E-state index contributed by atoms with van der Waals surface area (Å²) in [5.74, 6) is -5.95. The summed E-state index contributed by atoms with van der Waals surface area (Å²) in [6, 6.07) is 0. The predicted octanol–water partition coefficient (Wildman–Crippen LogP) is 1.88. The second-order valence-electron chi connectivity index (χ2n) is 4.66. The first kappa shape index (κ1) is 15.1. The Morgan fingerprint density at radius 3 is 1.80 bits per heavy atom. The highest BCUT2D eigenvalue weighted by Gasteiger charge is 2.29. The minimum atomic E-state index is -1.53. The van der Waals surface area contributed by atoms with E-state index in [2.05, 4.69) is 4.90 Å². The summed E-state index contributed by atoms with van der Waals surface area (Å²) in [5.41, 5.74) is -1.66. The molecule has 1 fully saturated rings. The highest BCUT2D eigenvalue weighted by molar-refractivity contribution is 5.52. The Kier molecular flexibility index (Phi) is 4.49. The average Bonchev–Trinajstić information content (AvgIpc) is 2.47. The van der Waals surface area contributed by atoms with Crippen molar-refractivity contribution >= 4 is 5.69 Å². The lowest BCUT2D eigenvalue weighted by Crippen LogP contribution is -2.47. The van der Waals surface area contributed by atoms with Gasteiger partial charge >= 0.3 is 0 Å². The molecule has 0 aliphatic carbocycles. The van der Waals surface area contributed by atoms with E-state index in [1.54, 1.807) is 0 Å². The smallest absolute Gasteiger partial charge is 0.185 e. The van der Waals surface area contributed by atoms with Crippen LogP contribution in [0.1, 0.15) is 12.5 Å². The number of hydrogen-bond donors (Lipinski definition) is 1. The Balaban J connectivity index is 2.38. The van der Waals surface area contributed by atoms with Gasteiger partial charge in [0.05, 0.1) is 12.2 Å². The van der Waals surface area contributed by atoms with Gasteiger partial charge in [-0.25, -0.2) is 17.6 Å². The summed E-state index contributed by atoms with van der Waals surface area (Å²) in [5, 5.41) is 8.78. The topological polar surface area (TPSA) is 26.7 Å². The van der Waals surface area contributed by atoms with Crippen molar-refractivity contribution in [2.45, 2.75) is 13.5 Å². The fourth-order valence-corrected chi connectivity index (χ4v) is 2.37. The van der Waals surface area contributed by atoms with Gasteiger partial charge in [0, 0.05) is 26.2 Å². The largest absolute Gasteiger partial charge is 0.391 e. The van der Waals surface area contributed by atoms with Crippen LogP contribution in [0.15, 0.2) is 0 Å². The van der Waals surface area contributed by atoms with Crippen LogP contribution >= 0.6 is 0 Å². The van der Waals surface area contributed by atoms with Crippen LogP contribution in [-0.4, -0.2) is 42.7 Å². The average molecular weight is 292 g/mol. The maximum atomic E-state index is 13.9. The van der Waals surface area contributed by atoms with Crippen LogP contribution < -0.4 is 4.90 Å². The van der Waals surface area contributed by atoms with Gasteiger partial charge in [0.25, 0.3) is 0 Å². The number of aliphatic hydroxyl groups is 1. The van der Waals surface area contributed by atoms with Crippen molar-refractivity contribution in [1.82, 2.24) is 4.90 Å². The van der Waals surface area contributed by atoms with Crippen molar-refractivity contribution in [2.75, 3.05) is 37.6 Å². The molecule has 0 spiro atoms. The SMILES string of the molecule is CCN1CCN(c2c(F)c(F)c(CO)c(F)c2F)CC1. The fourth-order valence-electron chi connectivity index (χ4n) is 2.37. The van der Waals surface area contributed by atoms with Gasteiger partial charge in [-0.05, 0) is 6.54 Å². The Morgan fingerprint density at radius 2 is 1.40 bits per heavy atom. The summed E-state index contributed by atoms with van der Waals surface area (Å²) >= 11 is 0. The summed E-state index contributed by atoms with van der Waals surface area (Å²) in [7, 11) is 0. The molecule has 0 saturated carbocycles. The fraction of sp³-hybridized carbons (Fsp3) is 0.538. The van der Waals surface area contributed by atoms with Gasteiger partial charge in [0.15, 0.2) is 23.3 Å². The lowest BCUT2D eigenvalue weighted by molar-refractivity contribution is 0.259. The molecule has 2 rings (SSSR count). The van der Waals surface area contributed by atoms with Gasteiger partial charge in [0.1, 0.15) is 5.69 Å². The molecular formula is C13H16F4N2O. The van der Waals surface area contributed by atoms with Crippen LogP contribution in [0.25, 0.3) is 0 Å². The van der Waals surface area contributed by atoms with E-state index < -0.39 is 41.1 Å². The third-order valence-electron chi connectivity index (χ3n) is 3.62. The molecule has 0 radical (unpaired) electrons. The molecule has 0 bridgehead atoms. The van der Waals surface area contributed by atoms with E-state index in [1.165, 1.54) is 4.90 Å². The van der Waals surface area contributed by atoms with E-state index in [1.807, 2.05) is 6.92 Å². The third-order valence-corrected chi connectivity index (χ3v) is 3.62. The van der Waals surface area contributed by atoms with E-state index in [0.29, 0.717) is 26.2 Å². The Hall–Kier alpha value is -1.34. The van der Waals surface area contributed by atoms with Crippen LogP contribution in [0.3, 0.4) is 0 Å². The van der Waals surface area contributed by atoms with E-state index in [-0.39, 0.29) is 0 Å². The van der Waals surface area contributed by atoms with Crippen molar-refractivity contribution < 1.29 is 22.7 Å². The molecule has 0 unspecified atom stereocenters. The number of hydrogen-bond acceptors (Lipinski definition) is 3. The van der Waals surface area contributed by atoms with Gasteiger partial charge in [0.2, 0.25) is 0 Å². The highest BCUT2D eigenvalue weighted by atomic mass is 19.2. The number of anilines is 1. The highest BCUT2D eigenvalue weighted by Crippen LogP contribution is 2.31. The number of aliphatic hydroxyl groups excluding tert-OH is 1. The normalized spacial score (nSPS) is 16.8. The molecule has 7 heteroatoms. The monoisotopic (exact) mass is 292 g/mol. The minimum absolute atomic E-state index is 0.291. The van der Waals surface area contributed by atoms with Crippen molar-refractivity contribution in [3.63, 3.8) is 0 Å². The van der Waals surface area contributed by atoms with Crippen molar-refractivity contribution in [1.29, 1.82) is 0 Å². The molecular weight excluding hydrogens is 276 g/mol. The number of likely N-dealkylation sites (N-methyl/N-ethyl adjacent to an activating group) is 1. The van der Waals surface area contributed by atoms with Gasteiger partial charge in [-0.2, -0.15) is 0 Å². The van der Waals surface area contributed by atoms with Crippen LogP contribution in [0.4, 0.5) is 23.2 Å². The number of halogens is 4. The lowest BCUT2D eigenvalue weighted by Gasteiger charge is -2.35. The second kappa shape index (κ2) is 5.97. The number of rotatable bonds is 3. The van der Waals surface area contributed by atoms with Crippen LogP contribution in [0.5, 0.6) is 0 Å². The van der Waals surface area contributed by atoms with Crippen LogP contribution in [0.2, 0.25) is 0 Å². The molecule has 0 atom stereocenters. The van der Waals surface area contributed by atoms with Crippen molar-refractivity contribution in [3.05, 3.63) is 28.8 Å². The molecule has 112 valence electrons. The maximum absolute atomic E-state index is 13.9. The van der Waals surface area contributed by atoms with E-state index in [4.69, 9.17) is 5.11 Å². The summed E-state index contributed by atoms with van der Waals surface area (Å²) < 4.78 is 55.1. The van der Waals surface area contributed by atoms with Crippen molar-refractivity contribution in [2.24, 2.45) is 0 Å². The standard InChI is InChI=1S/C13H16F4N2O/c1-2-18-3-5-19(6-4-18)13-11(16)9(14)8(7-20)10(15)12(13)17/h20H,2-7H2,1H3. The first-order valence-corrected chi connectivity index (χ1v) is 6.44.